The molecule has 2 rings (SSSR count). The smallest absolute Gasteiger partial charge is 0.242 e. The van der Waals surface area contributed by atoms with Crippen molar-refractivity contribution in [2.75, 3.05) is 12.4 Å². The zero-order valence-electron chi connectivity index (χ0n) is 12.3. The SMILES string of the molecule is COc1ccc(NC(C)C(=O)NCc2ccccc2)cc1. The highest BCUT2D eigenvalue weighted by Gasteiger charge is 2.11. The van der Waals surface area contributed by atoms with Gasteiger partial charge in [0.2, 0.25) is 5.91 Å². The van der Waals surface area contributed by atoms with Crippen LogP contribution in [0.1, 0.15) is 12.5 Å². The molecule has 0 aromatic heterocycles. The molecular weight excluding hydrogens is 264 g/mol. The van der Waals surface area contributed by atoms with E-state index in [1.807, 2.05) is 61.5 Å². The van der Waals surface area contributed by atoms with Crippen LogP contribution in [0, 0.1) is 0 Å². The lowest BCUT2D eigenvalue weighted by atomic mass is 10.2. The van der Waals surface area contributed by atoms with Crippen molar-refractivity contribution in [1.82, 2.24) is 5.32 Å². The molecule has 1 atom stereocenters. The highest BCUT2D eigenvalue weighted by Crippen LogP contribution is 2.15. The van der Waals surface area contributed by atoms with Crippen molar-refractivity contribution in [3.63, 3.8) is 0 Å². The van der Waals surface area contributed by atoms with Crippen molar-refractivity contribution >= 4 is 11.6 Å². The van der Waals surface area contributed by atoms with Gasteiger partial charge in [-0.25, -0.2) is 0 Å². The zero-order valence-corrected chi connectivity index (χ0v) is 12.3. The first-order valence-corrected chi connectivity index (χ1v) is 6.91. The van der Waals surface area contributed by atoms with E-state index in [0.29, 0.717) is 6.54 Å². The van der Waals surface area contributed by atoms with Crippen LogP contribution >= 0.6 is 0 Å². The first kappa shape index (κ1) is 14.9. The van der Waals surface area contributed by atoms with Gasteiger partial charge in [0, 0.05) is 12.2 Å². The molecule has 2 aromatic carbocycles. The molecule has 0 aliphatic heterocycles. The second-order valence-corrected chi connectivity index (χ2v) is 4.80. The van der Waals surface area contributed by atoms with Crippen LogP contribution in [-0.4, -0.2) is 19.1 Å². The van der Waals surface area contributed by atoms with Crippen molar-refractivity contribution in [2.24, 2.45) is 0 Å². The molecule has 0 saturated heterocycles. The lowest BCUT2D eigenvalue weighted by Gasteiger charge is -2.15. The molecular formula is C17H20N2O2. The van der Waals surface area contributed by atoms with Crippen LogP contribution in [-0.2, 0) is 11.3 Å². The number of benzene rings is 2. The van der Waals surface area contributed by atoms with Crippen LogP contribution in [0.5, 0.6) is 5.75 Å². The number of ether oxygens (including phenoxy) is 1. The molecule has 1 unspecified atom stereocenters. The highest BCUT2D eigenvalue weighted by molar-refractivity contribution is 5.84. The standard InChI is InChI=1S/C17H20N2O2/c1-13(19-15-8-10-16(21-2)11-9-15)17(20)18-12-14-6-4-3-5-7-14/h3-11,13,19H,12H2,1-2H3,(H,18,20). The summed E-state index contributed by atoms with van der Waals surface area (Å²) in [6.45, 7) is 2.37. The molecule has 1 amide bonds. The number of hydrogen-bond donors (Lipinski definition) is 2. The maximum atomic E-state index is 12.0. The van der Waals surface area contributed by atoms with Gasteiger partial charge in [-0.1, -0.05) is 30.3 Å². The van der Waals surface area contributed by atoms with E-state index in [-0.39, 0.29) is 11.9 Å². The largest absolute Gasteiger partial charge is 0.497 e. The summed E-state index contributed by atoms with van der Waals surface area (Å²) in [5.41, 5.74) is 1.97. The topological polar surface area (TPSA) is 50.4 Å². The molecule has 0 radical (unpaired) electrons. The maximum Gasteiger partial charge on any atom is 0.242 e. The van der Waals surface area contributed by atoms with Gasteiger partial charge in [0.15, 0.2) is 0 Å². The number of nitrogens with one attached hydrogen (secondary N) is 2. The predicted octanol–water partition coefficient (Wildman–Crippen LogP) is 2.81. The number of rotatable bonds is 6. The Kier molecular flexibility index (Phi) is 5.21. The van der Waals surface area contributed by atoms with Crippen molar-refractivity contribution in [2.45, 2.75) is 19.5 Å². The average Bonchev–Trinajstić information content (AvgIpc) is 2.54. The lowest BCUT2D eigenvalue weighted by molar-refractivity contribution is -0.121. The Morgan fingerprint density at radius 2 is 1.76 bits per heavy atom. The van der Waals surface area contributed by atoms with E-state index in [0.717, 1.165) is 17.0 Å². The number of hydrogen-bond acceptors (Lipinski definition) is 3. The normalized spacial score (nSPS) is 11.5. The van der Waals surface area contributed by atoms with E-state index in [9.17, 15) is 4.79 Å². The molecule has 4 heteroatoms. The number of carbonyl (C=O) groups excluding carboxylic acids is 1. The molecule has 2 N–H and O–H groups in total. The number of amides is 1. The maximum absolute atomic E-state index is 12.0. The minimum absolute atomic E-state index is 0.0327. The molecule has 4 nitrogen and oxygen atoms in total. The third-order valence-electron chi connectivity index (χ3n) is 3.18. The Labute approximate surface area is 125 Å². The van der Waals surface area contributed by atoms with Crippen molar-refractivity contribution < 1.29 is 9.53 Å². The molecule has 0 aliphatic rings. The molecule has 0 fully saturated rings. The van der Waals surface area contributed by atoms with E-state index in [1.165, 1.54) is 0 Å². The fourth-order valence-electron chi connectivity index (χ4n) is 1.94. The molecule has 0 heterocycles. The molecule has 0 bridgehead atoms. The first-order valence-electron chi connectivity index (χ1n) is 6.91. The van der Waals surface area contributed by atoms with Gasteiger partial charge < -0.3 is 15.4 Å². The second-order valence-electron chi connectivity index (χ2n) is 4.80. The van der Waals surface area contributed by atoms with Crippen molar-refractivity contribution in [1.29, 1.82) is 0 Å². The van der Waals surface area contributed by atoms with E-state index < -0.39 is 0 Å². The third kappa shape index (κ3) is 4.53. The Morgan fingerprint density at radius 3 is 2.38 bits per heavy atom. The van der Waals surface area contributed by atoms with Crippen LogP contribution < -0.4 is 15.4 Å². The summed E-state index contributed by atoms with van der Waals surface area (Å²) in [6.07, 6.45) is 0. The summed E-state index contributed by atoms with van der Waals surface area (Å²) >= 11 is 0. The fraction of sp³-hybridized carbons (Fsp3) is 0.235. The number of carbonyl (C=O) groups is 1. The molecule has 2 aromatic rings. The van der Waals surface area contributed by atoms with Crippen LogP contribution in [0.3, 0.4) is 0 Å². The van der Waals surface area contributed by atoms with Gasteiger partial charge in [-0.05, 0) is 36.8 Å². The van der Waals surface area contributed by atoms with E-state index in [1.54, 1.807) is 7.11 Å². The van der Waals surface area contributed by atoms with Gasteiger partial charge in [-0.2, -0.15) is 0 Å². The first-order chi connectivity index (χ1) is 10.2. The minimum atomic E-state index is -0.304. The van der Waals surface area contributed by atoms with E-state index in [2.05, 4.69) is 10.6 Å². The van der Waals surface area contributed by atoms with Crippen LogP contribution in [0.25, 0.3) is 0 Å². The van der Waals surface area contributed by atoms with Gasteiger partial charge >= 0.3 is 0 Å². The highest BCUT2D eigenvalue weighted by atomic mass is 16.5. The van der Waals surface area contributed by atoms with E-state index in [4.69, 9.17) is 4.74 Å². The Hall–Kier alpha value is -2.49. The predicted molar refractivity (Wildman–Crippen MR) is 84.4 cm³/mol. The van der Waals surface area contributed by atoms with Gasteiger partial charge in [-0.3, -0.25) is 4.79 Å². The summed E-state index contributed by atoms with van der Waals surface area (Å²) in [7, 11) is 1.63. The molecule has 0 saturated carbocycles. The Balaban J connectivity index is 1.84. The summed E-state index contributed by atoms with van der Waals surface area (Å²) in [5, 5.41) is 6.08. The summed E-state index contributed by atoms with van der Waals surface area (Å²) in [4.78, 5) is 12.0. The third-order valence-corrected chi connectivity index (χ3v) is 3.18. The van der Waals surface area contributed by atoms with Gasteiger partial charge in [0.1, 0.15) is 11.8 Å². The molecule has 110 valence electrons. The molecule has 0 aliphatic carbocycles. The van der Waals surface area contributed by atoms with Gasteiger partial charge in [0.25, 0.3) is 0 Å². The molecule has 0 spiro atoms. The second kappa shape index (κ2) is 7.33. The lowest BCUT2D eigenvalue weighted by Crippen LogP contribution is -2.37. The number of methoxy groups -OCH3 is 1. The average molecular weight is 284 g/mol. The minimum Gasteiger partial charge on any atom is -0.497 e. The van der Waals surface area contributed by atoms with Crippen molar-refractivity contribution in [3.8, 4) is 5.75 Å². The summed E-state index contributed by atoms with van der Waals surface area (Å²) in [6, 6.07) is 17.0. The van der Waals surface area contributed by atoms with Crippen LogP contribution in [0.4, 0.5) is 5.69 Å². The van der Waals surface area contributed by atoms with Crippen LogP contribution in [0.15, 0.2) is 54.6 Å². The quantitative estimate of drug-likeness (QED) is 0.857. The van der Waals surface area contributed by atoms with Crippen LogP contribution in [0.2, 0.25) is 0 Å². The van der Waals surface area contributed by atoms with Crippen molar-refractivity contribution in [3.05, 3.63) is 60.2 Å². The monoisotopic (exact) mass is 284 g/mol. The Morgan fingerprint density at radius 1 is 1.10 bits per heavy atom. The van der Waals surface area contributed by atoms with Gasteiger partial charge in [0.05, 0.1) is 7.11 Å². The Bertz CT molecular complexity index is 567. The fourth-order valence-corrected chi connectivity index (χ4v) is 1.94. The number of anilines is 1. The summed E-state index contributed by atoms with van der Waals surface area (Å²) in [5.74, 6) is 0.761. The van der Waals surface area contributed by atoms with E-state index >= 15 is 0 Å². The van der Waals surface area contributed by atoms with Gasteiger partial charge in [-0.15, -0.1) is 0 Å². The zero-order chi connectivity index (χ0) is 15.1. The molecule has 21 heavy (non-hydrogen) atoms. The summed E-state index contributed by atoms with van der Waals surface area (Å²) < 4.78 is 5.10.